The van der Waals surface area contributed by atoms with E-state index >= 15 is 0 Å². The van der Waals surface area contributed by atoms with Gasteiger partial charge in [0.1, 0.15) is 5.82 Å². The minimum atomic E-state index is -0.814. The third-order valence-corrected chi connectivity index (χ3v) is 4.98. The summed E-state index contributed by atoms with van der Waals surface area (Å²) in [4.78, 5) is 9.05. The van der Waals surface area contributed by atoms with Crippen molar-refractivity contribution in [1.82, 2.24) is 9.97 Å². The van der Waals surface area contributed by atoms with Crippen molar-refractivity contribution in [3.63, 3.8) is 0 Å². The average molecular weight is 338 g/mol. The van der Waals surface area contributed by atoms with Gasteiger partial charge in [0, 0.05) is 23.5 Å². The van der Waals surface area contributed by atoms with Gasteiger partial charge in [0.05, 0.1) is 6.61 Å². The molecule has 0 spiro atoms. The van der Waals surface area contributed by atoms with Gasteiger partial charge in [-0.15, -0.1) is 0 Å². The lowest BCUT2D eigenvalue weighted by atomic mass is 9.79. The van der Waals surface area contributed by atoms with E-state index in [-0.39, 0.29) is 0 Å². The van der Waals surface area contributed by atoms with Crippen LogP contribution in [0.15, 0.2) is 24.4 Å². The summed E-state index contributed by atoms with van der Waals surface area (Å²) in [5, 5.41) is 16.5. The van der Waals surface area contributed by atoms with Crippen LogP contribution in [-0.4, -0.2) is 28.2 Å². The average Bonchev–Trinajstić information content (AvgIpc) is 2.99. The van der Waals surface area contributed by atoms with Crippen LogP contribution >= 0.6 is 0 Å². The molecule has 130 valence electrons. The second kappa shape index (κ2) is 7.02. The Labute approximate surface area is 148 Å². The Morgan fingerprint density at radius 1 is 1.24 bits per heavy atom. The third-order valence-electron chi connectivity index (χ3n) is 4.98. The number of hydrogen-bond donors (Lipinski definition) is 3. The number of hydrogen-bond acceptors (Lipinski definition) is 6. The molecule has 6 nitrogen and oxygen atoms in total. The number of rotatable bonds is 4. The maximum absolute atomic E-state index is 9.71. The number of anilines is 3. The van der Waals surface area contributed by atoms with E-state index in [4.69, 9.17) is 4.65 Å². The van der Waals surface area contributed by atoms with E-state index in [9.17, 15) is 5.02 Å². The van der Waals surface area contributed by atoms with Crippen LogP contribution in [0.4, 0.5) is 17.5 Å². The highest BCUT2D eigenvalue weighted by Gasteiger charge is 2.27. The van der Waals surface area contributed by atoms with Crippen molar-refractivity contribution in [2.45, 2.75) is 51.7 Å². The fourth-order valence-electron chi connectivity index (χ4n) is 3.53. The van der Waals surface area contributed by atoms with E-state index in [1.54, 1.807) is 0 Å². The first kappa shape index (κ1) is 16.4. The first-order valence-electron chi connectivity index (χ1n) is 8.99. The van der Waals surface area contributed by atoms with Crippen molar-refractivity contribution in [1.29, 1.82) is 0 Å². The van der Waals surface area contributed by atoms with Gasteiger partial charge in [0.25, 0.3) is 0 Å². The Bertz CT molecular complexity index is 765. The Kier molecular flexibility index (Phi) is 4.59. The highest BCUT2D eigenvalue weighted by molar-refractivity contribution is 6.61. The summed E-state index contributed by atoms with van der Waals surface area (Å²) in [5.74, 6) is 1.48. The summed E-state index contributed by atoms with van der Waals surface area (Å²) < 4.78 is 5.23. The molecular formula is C18H23BN4O2. The molecule has 0 saturated heterocycles. The van der Waals surface area contributed by atoms with E-state index in [2.05, 4.69) is 20.6 Å². The molecule has 25 heavy (non-hydrogen) atoms. The SMILES string of the molecule is Cc1cnc(Nc2ccc3c(c2)COB3O)nc1NC1CCCCC1. The van der Waals surface area contributed by atoms with E-state index in [0.29, 0.717) is 18.6 Å². The van der Waals surface area contributed by atoms with Crippen LogP contribution in [0.2, 0.25) is 0 Å². The Hall–Kier alpha value is -2.12. The zero-order valence-electron chi connectivity index (χ0n) is 14.5. The van der Waals surface area contributed by atoms with Gasteiger partial charge in [-0.2, -0.15) is 4.98 Å². The lowest BCUT2D eigenvalue weighted by Crippen LogP contribution is -2.27. The standard InChI is InChI=1S/C18H23BN4O2/c1-12-10-20-18(23-17(12)21-14-5-3-2-4-6-14)22-15-7-8-16-13(9-15)11-25-19(16)24/h7-10,14,24H,2-6,11H2,1H3,(H2,20,21,22,23). The number of fused-ring (bicyclic) bond motifs is 1. The maximum atomic E-state index is 9.71. The summed E-state index contributed by atoms with van der Waals surface area (Å²) in [6.45, 7) is 2.46. The highest BCUT2D eigenvalue weighted by atomic mass is 16.5. The fourth-order valence-corrected chi connectivity index (χ4v) is 3.53. The number of aryl methyl sites for hydroxylation is 1. The molecule has 4 rings (SSSR count). The third kappa shape index (κ3) is 3.62. The monoisotopic (exact) mass is 338 g/mol. The molecule has 1 fully saturated rings. The van der Waals surface area contributed by atoms with Gasteiger partial charge in [-0.25, -0.2) is 4.98 Å². The van der Waals surface area contributed by atoms with E-state index < -0.39 is 7.12 Å². The molecule has 7 heteroatoms. The Morgan fingerprint density at radius 3 is 2.92 bits per heavy atom. The van der Waals surface area contributed by atoms with Crippen molar-refractivity contribution >= 4 is 30.0 Å². The largest absolute Gasteiger partial charge is 0.491 e. The normalized spacial score (nSPS) is 17.4. The van der Waals surface area contributed by atoms with E-state index in [1.807, 2.05) is 31.3 Å². The molecule has 1 aromatic carbocycles. The predicted octanol–water partition coefficient (Wildman–Crippen LogP) is 2.49. The number of nitrogens with zero attached hydrogens (tertiary/aromatic N) is 2. The van der Waals surface area contributed by atoms with Crippen LogP contribution in [-0.2, 0) is 11.3 Å². The van der Waals surface area contributed by atoms with Crippen molar-refractivity contribution in [3.8, 4) is 0 Å². The molecule has 2 aromatic rings. The second-order valence-electron chi connectivity index (χ2n) is 6.91. The molecule has 0 radical (unpaired) electrons. The fraction of sp³-hybridized carbons (Fsp3) is 0.444. The number of nitrogens with one attached hydrogen (secondary N) is 2. The van der Waals surface area contributed by atoms with Crippen LogP contribution in [0.1, 0.15) is 43.2 Å². The topological polar surface area (TPSA) is 79.3 Å². The van der Waals surface area contributed by atoms with Gasteiger partial charge in [-0.1, -0.05) is 25.3 Å². The molecule has 0 bridgehead atoms. The van der Waals surface area contributed by atoms with Gasteiger partial charge in [-0.3, -0.25) is 0 Å². The summed E-state index contributed by atoms with van der Waals surface area (Å²) in [5.41, 5.74) is 3.77. The molecule has 0 amide bonds. The van der Waals surface area contributed by atoms with Crippen LogP contribution in [0.3, 0.4) is 0 Å². The summed E-state index contributed by atoms with van der Waals surface area (Å²) in [7, 11) is -0.814. The first-order valence-corrected chi connectivity index (χ1v) is 8.99. The molecule has 1 aliphatic carbocycles. The summed E-state index contributed by atoms with van der Waals surface area (Å²) >= 11 is 0. The van der Waals surface area contributed by atoms with Crippen LogP contribution < -0.4 is 16.1 Å². The van der Waals surface area contributed by atoms with Gasteiger partial charge in [-0.05, 0) is 42.9 Å². The minimum absolute atomic E-state index is 0.426. The zero-order valence-corrected chi connectivity index (χ0v) is 14.5. The molecule has 0 atom stereocenters. The van der Waals surface area contributed by atoms with E-state index in [0.717, 1.165) is 28.1 Å². The lowest BCUT2D eigenvalue weighted by Gasteiger charge is -2.24. The van der Waals surface area contributed by atoms with Crippen LogP contribution in [0, 0.1) is 6.92 Å². The van der Waals surface area contributed by atoms with Crippen LogP contribution in [0.5, 0.6) is 0 Å². The van der Waals surface area contributed by atoms with Gasteiger partial charge >= 0.3 is 7.12 Å². The molecule has 2 aliphatic rings. The lowest BCUT2D eigenvalue weighted by molar-refractivity contribution is 0.275. The molecular weight excluding hydrogens is 315 g/mol. The van der Waals surface area contributed by atoms with Gasteiger partial charge in [0.2, 0.25) is 5.95 Å². The predicted molar refractivity (Wildman–Crippen MR) is 99.4 cm³/mol. The summed E-state index contributed by atoms with van der Waals surface area (Å²) in [6.07, 6.45) is 8.18. The Morgan fingerprint density at radius 2 is 2.08 bits per heavy atom. The molecule has 1 aliphatic heterocycles. The molecule has 0 unspecified atom stereocenters. The van der Waals surface area contributed by atoms with Crippen molar-refractivity contribution in [2.75, 3.05) is 10.6 Å². The van der Waals surface area contributed by atoms with Gasteiger partial charge in [0.15, 0.2) is 0 Å². The smallest absolute Gasteiger partial charge is 0.423 e. The van der Waals surface area contributed by atoms with Gasteiger partial charge < -0.3 is 20.3 Å². The first-order chi connectivity index (χ1) is 12.2. The highest BCUT2D eigenvalue weighted by Crippen LogP contribution is 2.24. The van der Waals surface area contributed by atoms with Crippen molar-refractivity contribution in [3.05, 3.63) is 35.5 Å². The molecule has 3 N–H and O–H groups in total. The molecule has 1 aromatic heterocycles. The molecule has 1 saturated carbocycles. The Balaban J connectivity index is 1.50. The zero-order chi connectivity index (χ0) is 17.2. The summed E-state index contributed by atoms with van der Waals surface area (Å²) in [6, 6.07) is 6.27. The maximum Gasteiger partial charge on any atom is 0.491 e. The number of benzene rings is 1. The van der Waals surface area contributed by atoms with E-state index in [1.165, 1.54) is 32.1 Å². The quantitative estimate of drug-likeness (QED) is 0.744. The minimum Gasteiger partial charge on any atom is -0.423 e. The molecule has 2 heterocycles. The van der Waals surface area contributed by atoms with Crippen molar-refractivity contribution in [2.24, 2.45) is 0 Å². The second-order valence-corrected chi connectivity index (χ2v) is 6.91. The number of aromatic nitrogens is 2. The van der Waals surface area contributed by atoms with Crippen LogP contribution in [0.25, 0.3) is 0 Å². The van der Waals surface area contributed by atoms with Crippen molar-refractivity contribution < 1.29 is 9.68 Å².